The molecular weight excluding hydrogens is 220 g/mol. The minimum absolute atomic E-state index is 0.108. The van der Waals surface area contributed by atoms with Crippen LogP contribution in [0.2, 0.25) is 0 Å². The molecule has 0 saturated heterocycles. The van der Waals surface area contributed by atoms with Crippen LogP contribution in [0.5, 0.6) is 5.75 Å². The van der Waals surface area contributed by atoms with E-state index < -0.39 is 12.0 Å². The van der Waals surface area contributed by atoms with Crippen LogP contribution in [0.25, 0.3) is 0 Å². The number of primary amides is 1. The molecule has 0 unspecified atom stereocenters. The molecule has 5 nitrogen and oxygen atoms in total. The summed E-state index contributed by atoms with van der Waals surface area (Å²) < 4.78 is 5.42. The van der Waals surface area contributed by atoms with Gasteiger partial charge in [0.05, 0.1) is 12.2 Å². The molecule has 0 fully saturated rings. The second-order valence-corrected chi connectivity index (χ2v) is 3.63. The molecule has 2 N–H and O–H groups in total. The number of para-hydroxylation sites is 2. The van der Waals surface area contributed by atoms with E-state index in [2.05, 4.69) is 6.58 Å². The minimum Gasteiger partial charge on any atom is -0.477 e. The zero-order valence-electron chi connectivity index (χ0n) is 9.13. The Morgan fingerprint density at radius 2 is 2.18 bits per heavy atom. The summed E-state index contributed by atoms with van der Waals surface area (Å²) in [5, 5.41) is 0. The Morgan fingerprint density at radius 1 is 1.47 bits per heavy atom. The molecule has 0 aromatic heterocycles. The quantitative estimate of drug-likeness (QED) is 0.752. The van der Waals surface area contributed by atoms with E-state index in [1.54, 1.807) is 24.3 Å². The molecule has 1 aromatic carbocycles. The van der Waals surface area contributed by atoms with Crippen LogP contribution < -0.4 is 15.4 Å². The van der Waals surface area contributed by atoms with Crippen molar-refractivity contribution in [1.29, 1.82) is 0 Å². The van der Waals surface area contributed by atoms with E-state index in [9.17, 15) is 9.59 Å². The van der Waals surface area contributed by atoms with Gasteiger partial charge >= 0.3 is 0 Å². The second-order valence-electron chi connectivity index (χ2n) is 3.63. The highest BCUT2D eigenvalue weighted by Gasteiger charge is 2.31. The molecule has 0 bridgehead atoms. The number of nitrogens with two attached hydrogens (primary N) is 1. The van der Waals surface area contributed by atoms with Gasteiger partial charge in [0.1, 0.15) is 5.75 Å². The molecule has 2 rings (SSSR count). The normalized spacial score (nSPS) is 17.9. The van der Waals surface area contributed by atoms with Gasteiger partial charge in [-0.1, -0.05) is 18.7 Å². The van der Waals surface area contributed by atoms with Gasteiger partial charge in [0.15, 0.2) is 6.10 Å². The number of fused-ring (bicyclic) bond motifs is 1. The highest BCUT2D eigenvalue weighted by atomic mass is 16.5. The van der Waals surface area contributed by atoms with Gasteiger partial charge in [0.2, 0.25) is 0 Å². The molecule has 5 heteroatoms. The summed E-state index contributed by atoms with van der Waals surface area (Å²) in [6.07, 6.45) is 0.369. The summed E-state index contributed by atoms with van der Waals surface area (Å²) in [6.45, 7) is 3.54. The van der Waals surface area contributed by atoms with E-state index in [0.29, 0.717) is 11.4 Å². The van der Waals surface area contributed by atoms with Crippen molar-refractivity contribution in [1.82, 2.24) is 0 Å². The number of nitrogens with zero attached hydrogens (tertiary/aromatic N) is 1. The van der Waals surface area contributed by atoms with Crippen LogP contribution in [-0.4, -0.2) is 24.5 Å². The Labute approximate surface area is 98.5 Å². The van der Waals surface area contributed by atoms with Crippen molar-refractivity contribution < 1.29 is 14.3 Å². The van der Waals surface area contributed by atoms with Gasteiger partial charge < -0.3 is 15.4 Å². The molecule has 1 atom stereocenters. The van der Waals surface area contributed by atoms with Crippen LogP contribution in [0.4, 0.5) is 5.69 Å². The van der Waals surface area contributed by atoms with Crippen LogP contribution in [-0.2, 0) is 9.59 Å². The van der Waals surface area contributed by atoms with Gasteiger partial charge in [0.25, 0.3) is 11.8 Å². The Balaban J connectivity index is 2.42. The fraction of sp³-hybridized carbons (Fsp3) is 0.167. The standard InChI is InChI=1S/C12H12N2O3/c1-2-11(15)14-7-10(12(13)16)17-9-6-4-3-5-8(9)14/h2-6,10H,1,7H2,(H2,13,16)/t10-/m1/s1. The molecule has 1 heterocycles. The fourth-order valence-electron chi connectivity index (χ4n) is 1.70. The van der Waals surface area contributed by atoms with Crippen molar-refractivity contribution in [2.24, 2.45) is 5.73 Å². The monoisotopic (exact) mass is 232 g/mol. The number of hydrogen-bond acceptors (Lipinski definition) is 3. The maximum Gasteiger partial charge on any atom is 0.260 e. The molecule has 2 amide bonds. The highest BCUT2D eigenvalue weighted by molar-refractivity contribution is 6.03. The first-order chi connectivity index (χ1) is 8.13. The maximum atomic E-state index is 11.7. The second kappa shape index (κ2) is 4.29. The summed E-state index contributed by atoms with van der Waals surface area (Å²) in [4.78, 5) is 24.3. The Kier molecular flexibility index (Phi) is 2.82. The molecule has 0 saturated carbocycles. The van der Waals surface area contributed by atoms with E-state index in [0.717, 1.165) is 0 Å². The smallest absolute Gasteiger partial charge is 0.260 e. The van der Waals surface area contributed by atoms with Gasteiger partial charge in [0, 0.05) is 0 Å². The van der Waals surface area contributed by atoms with E-state index in [4.69, 9.17) is 10.5 Å². The lowest BCUT2D eigenvalue weighted by Crippen LogP contribution is -2.48. The first kappa shape index (κ1) is 11.2. The number of benzene rings is 1. The third-order valence-electron chi connectivity index (χ3n) is 2.53. The summed E-state index contributed by atoms with van der Waals surface area (Å²) in [6, 6.07) is 6.98. The number of carbonyl (C=O) groups is 2. The number of ether oxygens (including phenoxy) is 1. The van der Waals surface area contributed by atoms with Crippen molar-refractivity contribution in [3.8, 4) is 5.75 Å². The van der Waals surface area contributed by atoms with E-state index in [1.807, 2.05) is 0 Å². The predicted molar refractivity (Wildman–Crippen MR) is 62.6 cm³/mol. The summed E-state index contributed by atoms with van der Waals surface area (Å²) in [5.41, 5.74) is 5.82. The van der Waals surface area contributed by atoms with Gasteiger partial charge in [-0.15, -0.1) is 0 Å². The van der Waals surface area contributed by atoms with Crippen LogP contribution in [0.15, 0.2) is 36.9 Å². The van der Waals surface area contributed by atoms with Gasteiger partial charge in [-0.25, -0.2) is 0 Å². The summed E-state index contributed by atoms with van der Waals surface area (Å²) >= 11 is 0. The molecule has 17 heavy (non-hydrogen) atoms. The molecule has 88 valence electrons. The molecule has 0 radical (unpaired) electrons. The largest absolute Gasteiger partial charge is 0.477 e. The number of carbonyl (C=O) groups excluding carboxylic acids is 2. The highest BCUT2D eigenvalue weighted by Crippen LogP contribution is 2.33. The average molecular weight is 232 g/mol. The van der Waals surface area contributed by atoms with Crippen molar-refractivity contribution in [2.45, 2.75) is 6.10 Å². The topological polar surface area (TPSA) is 72.6 Å². The number of rotatable bonds is 2. The van der Waals surface area contributed by atoms with Crippen LogP contribution in [0.3, 0.4) is 0 Å². The maximum absolute atomic E-state index is 11.7. The predicted octanol–water partition coefficient (Wildman–Crippen LogP) is 0.452. The molecule has 1 aliphatic rings. The summed E-state index contributed by atoms with van der Waals surface area (Å²) in [7, 11) is 0. The molecule has 0 spiro atoms. The Morgan fingerprint density at radius 3 is 2.82 bits per heavy atom. The van der Waals surface area contributed by atoms with E-state index in [1.165, 1.54) is 11.0 Å². The number of anilines is 1. The average Bonchev–Trinajstić information content (AvgIpc) is 2.36. The Hall–Kier alpha value is -2.30. The number of amides is 2. The number of hydrogen-bond donors (Lipinski definition) is 1. The molecule has 1 aromatic rings. The van der Waals surface area contributed by atoms with Crippen molar-refractivity contribution in [2.75, 3.05) is 11.4 Å². The van der Waals surface area contributed by atoms with Crippen LogP contribution >= 0.6 is 0 Å². The lowest BCUT2D eigenvalue weighted by atomic mass is 10.2. The third-order valence-corrected chi connectivity index (χ3v) is 2.53. The van der Waals surface area contributed by atoms with Crippen molar-refractivity contribution >= 4 is 17.5 Å². The molecule has 0 aliphatic carbocycles. The van der Waals surface area contributed by atoms with Crippen LogP contribution in [0, 0.1) is 0 Å². The van der Waals surface area contributed by atoms with Gasteiger partial charge in [-0.05, 0) is 18.2 Å². The van der Waals surface area contributed by atoms with Gasteiger partial charge in [-0.3, -0.25) is 9.59 Å². The third kappa shape index (κ3) is 1.99. The first-order valence-corrected chi connectivity index (χ1v) is 5.12. The minimum atomic E-state index is -0.825. The zero-order valence-corrected chi connectivity index (χ0v) is 9.13. The van der Waals surface area contributed by atoms with E-state index >= 15 is 0 Å². The van der Waals surface area contributed by atoms with E-state index in [-0.39, 0.29) is 12.5 Å². The van der Waals surface area contributed by atoms with Gasteiger partial charge in [-0.2, -0.15) is 0 Å². The van der Waals surface area contributed by atoms with Crippen molar-refractivity contribution in [3.05, 3.63) is 36.9 Å². The lowest BCUT2D eigenvalue weighted by Gasteiger charge is -2.32. The Bertz CT molecular complexity index is 484. The summed E-state index contributed by atoms with van der Waals surface area (Å²) in [5.74, 6) is -0.411. The molecular formula is C12H12N2O3. The van der Waals surface area contributed by atoms with Crippen LogP contribution in [0.1, 0.15) is 0 Å². The molecule has 1 aliphatic heterocycles. The SMILES string of the molecule is C=CC(=O)N1C[C@H](C(N)=O)Oc2ccccc21. The fourth-order valence-corrected chi connectivity index (χ4v) is 1.70. The first-order valence-electron chi connectivity index (χ1n) is 5.12. The zero-order chi connectivity index (χ0) is 12.4. The lowest BCUT2D eigenvalue weighted by molar-refractivity contribution is -0.125. The van der Waals surface area contributed by atoms with Crippen molar-refractivity contribution in [3.63, 3.8) is 0 Å².